The van der Waals surface area contributed by atoms with E-state index in [1.165, 1.54) is 49.6 Å². The predicted molar refractivity (Wildman–Crippen MR) is 122 cm³/mol. The molecule has 0 bridgehead atoms. The van der Waals surface area contributed by atoms with Crippen LogP contribution in [0.25, 0.3) is 0 Å². The third kappa shape index (κ3) is 3.48. The van der Waals surface area contributed by atoms with Crippen LogP contribution in [0.2, 0.25) is 0 Å². The molecular weight excluding hydrogens is 543 g/mol. The topological polar surface area (TPSA) is 12.2 Å². The molecule has 4 aromatic carbocycles. The van der Waals surface area contributed by atoms with E-state index in [-0.39, 0.29) is 17.0 Å². The number of hydrogen-bond donors (Lipinski definition) is 0. The summed E-state index contributed by atoms with van der Waals surface area (Å²) in [5.41, 5.74) is -4.29. The summed E-state index contributed by atoms with van der Waals surface area (Å²) < 4.78 is 154. The Hall–Kier alpha value is -4.29. The lowest BCUT2D eigenvalue weighted by Gasteiger charge is -2.36. The molecule has 0 amide bonds. The summed E-state index contributed by atoms with van der Waals surface area (Å²) in [7, 11) is 1.30. The third-order valence-corrected chi connectivity index (χ3v) is 6.84. The number of hydrogen-bond acceptors (Lipinski definition) is 1. The molecule has 1 aliphatic heterocycles. The van der Waals surface area contributed by atoms with Crippen molar-refractivity contribution in [2.45, 2.75) is 0 Å². The van der Waals surface area contributed by atoms with Gasteiger partial charge in [0.25, 0.3) is 0 Å². The second-order valence-electron chi connectivity index (χ2n) is 8.65. The van der Waals surface area contributed by atoms with Crippen molar-refractivity contribution in [1.29, 1.82) is 0 Å². The Morgan fingerprint density at radius 2 is 0.949 bits per heavy atom. The summed E-state index contributed by atoms with van der Waals surface area (Å²) in [6.07, 6.45) is -3.30. The zero-order valence-electron chi connectivity index (χ0n) is 19.4. The molecule has 0 N–H and O–H groups in total. The first-order valence-corrected chi connectivity index (χ1v) is 11.0. The molecule has 5 rings (SSSR count). The summed E-state index contributed by atoms with van der Waals surface area (Å²) in [4.78, 5) is 0. The first-order chi connectivity index (χ1) is 18.5. The highest BCUT2D eigenvalue weighted by Gasteiger charge is 2.57. The van der Waals surface area contributed by atoms with Crippen molar-refractivity contribution < 1.29 is 53.1 Å². The lowest BCUT2D eigenvalue weighted by atomic mass is 9.23. The molecule has 0 atom stereocenters. The standard InChI is InChI=1S/C26H12BF10NO/c1-39-13-8-6-12(7-9-13)38-10-11-4-2-3-5-14(11)27(38,15-17(28)21(32)25(36)22(33)18(15)29)16-19(30)23(34)26(37)24(35)20(16)31/h2-10H,1H3. The van der Waals surface area contributed by atoms with Gasteiger partial charge in [-0.15, -0.1) is 5.46 Å². The number of methoxy groups -OCH3 is 1. The van der Waals surface area contributed by atoms with E-state index in [4.69, 9.17) is 4.74 Å². The van der Waals surface area contributed by atoms with Gasteiger partial charge in [0.2, 0.25) is 0 Å². The van der Waals surface area contributed by atoms with Crippen LogP contribution in [0.3, 0.4) is 0 Å². The Balaban J connectivity index is 2.08. The fourth-order valence-corrected chi connectivity index (χ4v) is 5.18. The molecule has 2 nitrogen and oxygen atoms in total. The normalized spacial score (nSPS) is 13.9. The fraction of sp³-hybridized carbons (Fsp3) is 0.0385. The minimum absolute atomic E-state index is 0.0544. The molecule has 13 heteroatoms. The molecule has 1 aliphatic rings. The van der Waals surface area contributed by atoms with Crippen LogP contribution in [0.4, 0.5) is 49.6 Å². The summed E-state index contributed by atoms with van der Waals surface area (Å²) in [6, 6.07) is 9.89. The van der Waals surface area contributed by atoms with Crippen molar-refractivity contribution in [2.75, 3.05) is 7.11 Å². The summed E-state index contributed by atoms with van der Waals surface area (Å²) in [5, 5.41) is 0. The van der Waals surface area contributed by atoms with Gasteiger partial charge < -0.3 is 9.22 Å². The minimum Gasteiger partial charge on any atom is -0.497 e. The molecule has 0 aliphatic carbocycles. The largest absolute Gasteiger partial charge is 0.497 e. The van der Waals surface area contributed by atoms with Crippen LogP contribution in [-0.2, 0) is 0 Å². The number of halogens is 10. The zero-order chi connectivity index (χ0) is 28.4. The van der Waals surface area contributed by atoms with Gasteiger partial charge in [-0.3, -0.25) is 0 Å². The molecule has 0 saturated carbocycles. The SMILES string of the molecule is COc1ccc([N+]2=Cc3ccccc3[B-]2(c2c(F)c(F)c(F)c(F)c2F)c2c(F)c(F)c(F)c(F)c2F)cc1. The van der Waals surface area contributed by atoms with E-state index in [1.54, 1.807) is 0 Å². The summed E-state index contributed by atoms with van der Waals surface area (Å²) in [5.74, 6) is -24.9. The van der Waals surface area contributed by atoms with Crippen LogP contribution in [0.5, 0.6) is 5.75 Å². The van der Waals surface area contributed by atoms with Gasteiger partial charge in [0.15, 0.2) is 40.6 Å². The maximum atomic E-state index is 15.6. The fourth-order valence-electron chi connectivity index (χ4n) is 5.18. The van der Waals surface area contributed by atoms with E-state index in [9.17, 15) is 26.3 Å². The van der Waals surface area contributed by atoms with Crippen molar-refractivity contribution in [3.8, 4) is 5.75 Å². The van der Waals surface area contributed by atoms with Crippen LogP contribution >= 0.6 is 0 Å². The van der Waals surface area contributed by atoms with Crippen molar-refractivity contribution in [2.24, 2.45) is 0 Å². The van der Waals surface area contributed by atoms with Crippen LogP contribution < -0.4 is 21.1 Å². The highest BCUT2D eigenvalue weighted by molar-refractivity contribution is 7.07. The Labute approximate surface area is 213 Å². The molecule has 0 radical (unpaired) electrons. The first-order valence-electron chi connectivity index (χ1n) is 11.0. The Morgan fingerprint density at radius 3 is 1.38 bits per heavy atom. The van der Waals surface area contributed by atoms with E-state index in [0.717, 1.165) is 16.8 Å². The van der Waals surface area contributed by atoms with Gasteiger partial charge in [-0.25, -0.2) is 43.9 Å². The molecular formula is C26H12BF10NO. The molecule has 1 heterocycles. The van der Waals surface area contributed by atoms with Crippen LogP contribution in [-0.4, -0.2) is 24.1 Å². The molecule has 4 aromatic rings. The second-order valence-corrected chi connectivity index (χ2v) is 8.65. The van der Waals surface area contributed by atoms with Crippen LogP contribution in [0, 0.1) is 58.2 Å². The lowest BCUT2D eigenvalue weighted by Crippen LogP contribution is -2.75. The highest BCUT2D eigenvalue weighted by Crippen LogP contribution is 2.32. The Morgan fingerprint density at radius 1 is 0.538 bits per heavy atom. The quantitative estimate of drug-likeness (QED) is 0.152. The van der Waals surface area contributed by atoms with Crippen LogP contribution in [0.15, 0.2) is 48.5 Å². The molecule has 0 unspecified atom stereocenters. The second kappa shape index (κ2) is 9.17. The van der Waals surface area contributed by atoms with Crippen molar-refractivity contribution >= 4 is 34.6 Å². The molecule has 200 valence electrons. The van der Waals surface area contributed by atoms with E-state index in [2.05, 4.69) is 0 Å². The lowest BCUT2D eigenvalue weighted by molar-refractivity contribution is -0.279. The van der Waals surface area contributed by atoms with E-state index in [0.29, 0.717) is 0 Å². The zero-order valence-corrected chi connectivity index (χ0v) is 19.4. The van der Waals surface area contributed by atoms with Crippen molar-refractivity contribution in [1.82, 2.24) is 0 Å². The summed E-state index contributed by atoms with van der Waals surface area (Å²) in [6.45, 7) is 0. The molecule has 0 saturated heterocycles. The predicted octanol–water partition coefficient (Wildman–Crippen LogP) is 4.83. The van der Waals surface area contributed by atoms with Gasteiger partial charge in [-0.05, 0) is 23.1 Å². The van der Waals surface area contributed by atoms with Gasteiger partial charge in [-0.1, -0.05) is 24.3 Å². The number of benzene rings is 4. The Kier molecular flexibility index (Phi) is 6.19. The molecule has 0 spiro atoms. The number of ether oxygens (including phenoxy) is 1. The van der Waals surface area contributed by atoms with E-state index >= 15 is 17.6 Å². The van der Waals surface area contributed by atoms with Crippen molar-refractivity contribution in [3.63, 3.8) is 0 Å². The smallest absolute Gasteiger partial charge is 0.372 e. The number of rotatable bonds is 4. The molecule has 39 heavy (non-hydrogen) atoms. The molecule has 0 aromatic heterocycles. The Bertz CT molecular complexity index is 1580. The minimum atomic E-state index is -4.35. The van der Waals surface area contributed by atoms with Gasteiger partial charge in [-0.2, -0.15) is 0 Å². The average molecular weight is 555 g/mol. The maximum absolute atomic E-state index is 15.6. The third-order valence-electron chi connectivity index (χ3n) is 6.84. The maximum Gasteiger partial charge on any atom is 0.372 e. The van der Waals surface area contributed by atoms with Gasteiger partial charge in [0, 0.05) is 17.7 Å². The van der Waals surface area contributed by atoms with Crippen LogP contribution in [0.1, 0.15) is 5.56 Å². The molecule has 0 fully saturated rings. The first kappa shape index (κ1) is 26.3. The highest BCUT2D eigenvalue weighted by atomic mass is 19.2. The van der Waals surface area contributed by atoms with E-state index < -0.39 is 80.8 Å². The average Bonchev–Trinajstić information content (AvgIpc) is 3.28. The number of nitrogens with zero attached hydrogens (tertiary/aromatic N) is 1. The van der Waals surface area contributed by atoms with Gasteiger partial charge in [0.05, 0.1) is 7.11 Å². The van der Waals surface area contributed by atoms with E-state index in [1.807, 2.05) is 0 Å². The summed E-state index contributed by atoms with van der Waals surface area (Å²) >= 11 is 0. The van der Waals surface area contributed by atoms with Gasteiger partial charge >= 0.3 is 6.28 Å². The number of fused-ring (bicyclic) bond motifs is 1. The monoisotopic (exact) mass is 555 g/mol. The van der Waals surface area contributed by atoms with Crippen molar-refractivity contribution in [3.05, 3.63) is 112 Å². The van der Waals surface area contributed by atoms with Gasteiger partial charge in [0.1, 0.15) is 35.2 Å².